The van der Waals surface area contributed by atoms with Crippen molar-refractivity contribution in [2.75, 3.05) is 13.1 Å². The van der Waals surface area contributed by atoms with Crippen LogP contribution in [0.4, 0.5) is 0 Å². The van der Waals surface area contributed by atoms with E-state index < -0.39 is 0 Å². The largest absolute Gasteiger partial charge is 0.316 e. The van der Waals surface area contributed by atoms with E-state index in [9.17, 15) is 0 Å². The average Bonchev–Trinajstić information content (AvgIpc) is 2.94. The monoisotopic (exact) mass is 327 g/mol. The molecule has 0 saturated carbocycles. The standard InChI is InChI=1S/C17H18ClN5/c18-14-7-15-17(21-10-14)23(11-12-3-1-5-19-8-12)16(22-15)13-4-2-6-20-9-13/h2,4,6-7,9-10,12,19H,1,3,5,8,11H2. The third kappa shape index (κ3) is 2.94. The normalized spacial score (nSPS) is 18.4. The van der Waals surface area contributed by atoms with Crippen molar-refractivity contribution in [3.8, 4) is 11.4 Å². The number of aromatic nitrogens is 4. The molecule has 1 fully saturated rings. The van der Waals surface area contributed by atoms with Gasteiger partial charge >= 0.3 is 0 Å². The fraction of sp³-hybridized carbons (Fsp3) is 0.353. The highest BCUT2D eigenvalue weighted by Crippen LogP contribution is 2.27. The molecule has 0 aromatic carbocycles. The summed E-state index contributed by atoms with van der Waals surface area (Å²) >= 11 is 6.08. The number of piperidine rings is 1. The van der Waals surface area contributed by atoms with Crippen LogP contribution in [0.2, 0.25) is 5.02 Å². The van der Waals surface area contributed by atoms with Crippen LogP contribution in [-0.2, 0) is 6.54 Å². The first-order chi connectivity index (χ1) is 11.3. The number of halogens is 1. The van der Waals surface area contributed by atoms with E-state index in [0.29, 0.717) is 10.9 Å². The lowest BCUT2D eigenvalue weighted by Crippen LogP contribution is -2.32. The fourth-order valence-corrected chi connectivity index (χ4v) is 3.36. The predicted molar refractivity (Wildman–Crippen MR) is 91.4 cm³/mol. The lowest BCUT2D eigenvalue weighted by atomic mass is 9.99. The Morgan fingerprint density at radius 2 is 2.30 bits per heavy atom. The molecule has 118 valence electrons. The molecule has 1 aliphatic heterocycles. The molecule has 5 nitrogen and oxygen atoms in total. The number of fused-ring (bicyclic) bond motifs is 1. The highest BCUT2D eigenvalue weighted by molar-refractivity contribution is 6.31. The molecule has 0 amide bonds. The Balaban J connectivity index is 1.81. The van der Waals surface area contributed by atoms with Crippen molar-refractivity contribution in [2.45, 2.75) is 19.4 Å². The zero-order valence-corrected chi connectivity index (χ0v) is 13.5. The van der Waals surface area contributed by atoms with Crippen molar-refractivity contribution in [1.82, 2.24) is 24.8 Å². The third-order valence-electron chi connectivity index (χ3n) is 4.31. The van der Waals surface area contributed by atoms with E-state index in [2.05, 4.69) is 19.9 Å². The number of hydrogen-bond donors (Lipinski definition) is 1. The van der Waals surface area contributed by atoms with Crippen molar-refractivity contribution in [2.24, 2.45) is 5.92 Å². The van der Waals surface area contributed by atoms with Crippen molar-refractivity contribution in [3.63, 3.8) is 0 Å². The fourth-order valence-electron chi connectivity index (χ4n) is 3.21. The lowest BCUT2D eigenvalue weighted by molar-refractivity contribution is 0.341. The minimum absolute atomic E-state index is 0.592. The maximum absolute atomic E-state index is 6.08. The number of hydrogen-bond acceptors (Lipinski definition) is 4. The summed E-state index contributed by atoms with van der Waals surface area (Å²) in [6.45, 7) is 3.06. The smallest absolute Gasteiger partial charge is 0.160 e. The Hall–Kier alpha value is -1.98. The first-order valence-electron chi connectivity index (χ1n) is 7.94. The van der Waals surface area contributed by atoms with Crippen LogP contribution in [0.15, 0.2) is 36.8 Å². The molecule has 0 bridgehead atoms. The number of imidazole rings is 1. The topological polar surface area (TPSA) is 55.6 Å². The maximum atomic E-state index is 6.08. The van der Waals surface area contributed by atoms with Gasteiger partial charge in [0, 0.05) is 30.7 Å². The third-order valence-corrected chi connectivity index (χ3v) is 4.52. The first-order valence-corrected chi connectivity index (χ1v) is 8.32. The van der Waals surface area contributed by atoms with E-state index in [1.807, 2.05) is 24.4 Å². The van der Waals surface area contributed by atoms with Crippen LogP contribution in [0.5, 0.6) is 0 Å². The Bertz CT molecular complexity index is 808. The van der Waals surface area contributed by atoms with Gasteiger partial charge in [-0.05, 0) is 50.0 Å². The van der Waals surface area contributed by atoms with Crippen LogP contribution >= 0.6 is 11.6 Å². The van der Waals surface area contributed by atoms with Gasteiger partial charge in [0.2, 0.25) is 0 Å². The summed E-state index contributed by atoms with van der Waals surface area (Å²) in [5.74, 6) is 1.50. The Morgan fingerprint density at radius 1 is 1.35 bits per heavy atom. The van der Waals surface area contributed by atoms with Gasteiger partial charge in [0.25, 0.3) is 0 Å². The van der Waals surface area contributed by atoms with Crippen LogP contribution in [0, 0.1) is 5.92 Å². The van der Waals surface area contributed by atoms with E-state index in [1.54, 1.807) is 12.4 Å². The van der Waals surface area contributed by atoms with E-state index in [1.165, 1.54) is 12.8 Å². The molecule has 0 radical (unpaired) electrons. The molecule has 0 spiro atoms. The van der Waals surface area contributed by atoms with Gasteiger partial charge in [0.15, 0.2) is 5.65 Å². The highest BCUT2D eigenvalue weighted by Gasteiger charge is 2.19. The van der Waals surface area contributed by atoms with Crippen molar-refractivity contribution in [1.29, 1.82) is 0 Å². The minimum atomic E-state index is 0.592. The number of pyridine rings is 2. The second-order valence-electron chi connectivity index (χ2n) is 6.00. The predicted octanol–water partition coefficient (Wildman–Crippen LogP) is 3.15. The van der Waals surface area contributed by atoms with Gasteiger partial charge in [-0.1, -0.05) is 11.6 Å². The van der Waals surface area contributed by atoms with Gasteiger partial charge in [-0.2, -0.15) is 0 Å². The molecule has 1 aliphatic rings. The van der Waals surface area contributed by atoms with E-state index >= 15 is 0 Å². The number of nitrogens with one attached hydrogen (secondary N) is 1. The molecular weight excluding hydrogens is 310 g/mol. The van der Waals surface area contributed by atoms with Crippen LogP contribution < -0.4 is 5.32 Å². The van der Waals surface area contributed by atoms with E-state index in [0.717, 1.165) is 42.2 Å². The van der Waals surface area contributed by atoms with E-state index in [4.69, 9.17) is 16.6 Å². The zero-order valence-electron chi connectivity index (χ0n) is 12.7. The van der Waals surface area contributed by atoms with Crippen molar-refractivity contribution < 1.29 is 0 Å². The summed E-state index contributed by atoms with van der Waals surface area (Å²) in [5.41, 5.74) is 2.73. The SMILES string of the molecule is Clc1cnc2c(c1)nc(-c1cccnc1)n2CC1CCCNC1. The van der Waals surface area contributed by atoms with Crippen molar-refractivity contribution in [3.05, 3.63) is 41.8 Å². The van der Waals surface area contributed by atoms with Gasteiger partial charge in [-0.25, -0.2) is 9.97 Å². The molecule has 3 aromatic heterocycles. The minimum Gasteiger partial charge on any atom is -0.316 e. The molecule has 4 heterocycles. The Labute approximate surface area is 139 Å². The summed E-state index contributed by atoms with van der Waals surface area (Å²) < 4.78 is 2.21. The molecule has 23 heavy (non-hydrogen) atoms. The lowest BCUT2D eigenvalue weighted by Gasteiger charge is -2.24. The van der Waals surface area contributed by atoms with Gasteiger partial charge in [0.1, 0.15) is 11.3 Å². The Morgan fingerprint density at radius 3 is 3.09 bits per heavy atom. The second-order valence-corrected chi connectivity index (χ2v) is 6.43. The summed E-state index contributed by atoms with van der Waals surface area (Å²) in [6, 6.07) is 5.84. The molecular formula is C17H18ClN5. The number of rotatable bonds is 3. The quantitative estimate of drug-likeness (QED) is 0.803. The molecule has 6 heteroatoms. The molecule has 4 rings (SSSR count). The van der Waals surface area contributed by atoms with Gasteiger partial charge in [-0.3, -0.25) is 4.98 Å². The molecule has 1 atom stereocenters. The van der Waals surface area contributed by atoms with Crippen LogP contribution in [-0.4, -0.2) is 32.6 Å². The van der Waals surface area contributed by atoms with Gasteiger partial charge < -0.3 is 9.88 Å². The average molecular weight is 328 g/mol. The maximum Gasteiger partial charge on any atom is 0.160 e. The highest BCUT2D eigenvalue weighted by atomic mass is 35.5. The van der Waals surface area contributed by atoms with Gasteiger partial charge in [0.05, 0.1) is 5.02 Å². The van der Waals surface area contributed by atoms with E-state index in [-0.39, 0.29) is 0 Å². The molecule has 0 aliphatic carbocycles. The summed E-state index contributed by atoms with van der Waals surface area (Å²) in [5, 5.41) is 4.09. The molecule has 1 unspecified atom stereocenters. The number of nitrogens with zero attached hydrogens (tertiary/aromatic N) is 4. The molecule has 1 N–H and O–H groups in total. The van der Waals surface area contributed by atoms with Crippen LogP contribution in [0.25, 0.3) is 22.6 Å². The molecule has 3 aromatic rings. The summed E-state index contributed by atoms with van der Waals surface area (Å²) in [6.07, 6.45) is 7.76. The summed E-state index contributed by atoms with van der Waals surface area (Å²) in [4.78, 5) is 13.5. The first kappa shape index (κ1) is 14.6. The zero-order chi connectivity index (χ0) is 15.6. The van der Waals surface area contributed by atoms with Crippen LogP contribution in [0.1, 0.15) is 12.8 Å². The Kier molecular flexibility index (Phi) is 3.97. The van der Waals surface area contributed by atoms with Gasteiger partial charge in [-0.15, -0.1) is 0 Å². The second kappa shape index (κ2) is 6.26. The van der Waals surface area contributed by atoms with Crippen LogP contribution in [0.3, 0.4) is 0 Å². The molecule has 1 saturated heterocycles. The summed E-state index contributed by atoms with van der Waals surface area (Å²) in [7, 11) is 0. The van der Waals surface area contributed by atoms with Crippen molar-refractivity contribution >= 4 is 22.8 Å².